The van der Waals surface area contributed by atoms with Gasteiger partial charge in [-0.25, -0.2) is 0 Å². The molecule has 0 aliphatic carbocycles. The second kappa shape index (κ2) is 11.3. The number of nitrogens with zero attached hydrogens (tertiary/aromatic N) is 3. The van der Waals surface area contributed by atoms with Crippen molar-refractivity contribution >= 4 is 7.92 Å². The Morgan fingerprint density at radius 1 is 0.864 bits per heavy atom. The Hall–Kier alpha value is 0.693. The van der Waals surface area contributed by atoms with Crippen LogP contribution in [0.15, 0.2) is 30.3 Å². The molecule has 1 aromatic carbocycles. The summed E-state index contributed by atoms with van der Waals surface area (Å²) in [4.78, 5) is 7.71. The summed E-state index contributed by atoms with van der Waals surface area (Å²) in [5, 5.41) is 8.52. The van der Waals surface area contributed by atoms with E-state index in [1.165, 1.54) is 44.4 Å². The fourth-order valence-corrected chi connectivity index (χ4v) is 5.51. The molecular formula is C14H22Cl2N3OPRu. The Morgan fingerprint density at radius 2 is 1.32 bits per heavy atom. The van der Waals surface area contributed by atoms with Crippen LogP contribution >= 0.6 is 7.92 Å². The van der Waals surface area contributed by atoms with E-state index in [2.05, 4.69) is 14.7 Å². The van der Waals surface area contributed by atoms with Crippen LogP contribution in [0.3, 0.4) is 0 Å². The summed E-state index contributed by atoms with van der Waals surface area (Å²) in [5.74, 6) is 0. The average Bonchev–Trinajstić information content (AvgIpc) is 2.39. The van der Waals surface area contributed by atoms with Crippen molar-refractivity contribution in [2.24, 2.45) is 0 Å². The number of aliphatic hydroxyl groups excluding tert-OH is 1. The second-order valence-corrected chi connectivity index (χ2v) is 7.68. The van der Waals surface area contributed by atoms with Gasteiger partial charge in [0.2, 0.25) is 0 Å². The summed E-state index contributed by atoms with van der Waals surface area (Å²) in [5.41, 5.74) is 1.19. The first-order chi connectivity index (χ1) is 9.33. The molecule has 0 radical (unpaired) electrons. The average molecular weight is 451 g/mol. The van der Waals surface area contributed by atoms with Gasteiger partial charge in [0.25, 0.3) is 0 Å². The van der Waals surface area contributed by atoms with Crippen molar-refractivity contribution < 1.29 is 49.4 Å². The number of hydrogen-bond acceptors (Lipinski definition) is 4. The molecule has 8 heteroatoms. The molecule has 4 bridgehead atoms. The van der Waals surface area contributed by atoms with E-state index >= 15 is 0 Å². The van der Waals surface area contributed by atoms with Gasteiger partial charge >= 0.3 is 19.5 Å². The van der Waals surface area contributed by atoms with Crippen LogP contribution < -0.4 is 24.8 Å². The molecule has 5 rings (SSSR count). The molecule has 0 unspecified atom stereocenters. The maximum atomic E-state index is 8.52. The van der Waals surface area contributed by atoms with Crippen LogP contribution in [0, 0.1) is 0 Å². The number of halogens is 2. The minimum atomic E-state index is 0. The van der Waals surface area contributed by atoms with Gasteiger partial charge < -0.3 is 29.9 Å². The second-order valence-electron chi connectivity index (χ2n) is 5.49. The first kappa shape index (κ1) is 22.7. The zero-order valence-electron chi connectivity index (χ0n) is 12.4. The topological polar surface area (TPSA) is 30.0 Å². The van der Waals surface area contributed by atoms with Crippen molar-refractivity contribution in [1.82, 2.24) is 14.7 Å². The standard InChI is InChI=1S/C8H10O.C6H12N3P.2ClH.Ru/c9-7-6-8-4-2-1-3-5-8;1-7-2-9-3-8(1)5-10(4-7)6-9;;;/h1-5,9H,6-7H2;1-6H2;2*1H;/q;;;;+2/p-2. The largest absolute Gasteiger partial charge is 2.00 e. The van der Waals surface area contributed by atoms with Crippen LogP contribution in [0.2, 0.25) is 0 Å². The van der Waals surface area contributed by atoms with E-state index in [-0.39, 0.29) is 50.9 Å². The molecule has 4 fully saturated rings. The van der Waals surface area contributed by atoms with Gasteiger partial charge in [0.05, 0.1) is 20.0 Å². The van der Waals surface area contributed by atoms with Crippen LogP contribution in [0.1, 0.15) is 5.56 Å². The molecule has 4 aliphatic heterocycles. The van der Waals surface area contributed by atoms with Crippen molar-refractivity contribution in [1.29, 1.82) is 0 Å². The van der Waals surface area contributed by atoms with E-state index in [1.807, 2.05) is 30.3 Å². The van der Waals surface area contributed by atoms with Gasteiger partial charge in [-0.2, -0.15) is 0 Å². The van der Waals surface area contributed by atoms with Crippen LogP contribution in [0.4, 0.5) is 0 Å². The molecule has 4 aliphatic rings. The summed E-state index contributed by atoms with van der Waals surface area (Å²) >= 11 is 0. The fraction of sp³-hybridized carbons (Fsp3) is 0.571. The van der Waals surface area contributed by atoms with Crippen molar-refractivity contribution in [3.8, 4) is 0 Å². The number of benzene rings is 1. The monoisotopic (exact) mass is 451 g/mol. The Kier molecular flexibility index (Phi) is 11.6. The third-order valence-electron chi connectivity index (χ3n) is 3.64. The molecule has 0 atom stereocenters. The Balaban J connectivity index is 0.000000355. The maximum Gasteiger partial charge on any atom is 2.00 e. The van der Waals surface area contributed by atoms with Gasteiger partial charge in [-0.1, -0.05) is 38.3 Å². The van der Waals surface area contributed by atoms with E-state index in [4.69, 9.17) is 5.11 Å². The van der Waals surface area contributed by atoms with Gasteiger partial charge in [-0.05, 0) is 12.0 Å². The molecule has 0 aromatic heterocycles. The van der Waals surface area contributed by atoms with Crippen LogP contribution in [0.5, 0.6) is 0 Å². The van der Waals surface area contributed by atoms with Gasteiger partial charge in [0.1, 0.15) is 0 Å². The third-order valence-corrected chi connectivity index (χ3v) is 6.04. The van der Waals surface area contributed by atoms with Gasteiger partial charge in [0.15, 0.2) is 0 Å². The first-order valence-corrected chi connectivity index (χ1v) is 8.77. The molecule has 4 nitrogen and oxygen atoms in total. The zero-order valence-corrected chi connectivity index (χ0v) is 16.5. The summed E-state index contributed by atoms with van der Waals surface area (Å²) in [6, 6.07) is 9.95. The minimum absolute atomic E-state index is 0. The van der Waals surface area contributed by atoms with Gasteiger partial charge in [0, 0.05) is 25.5 Å². The predicted molar refractivity (Wildman–Crippen MR) is 78.9 cm³/mol. The fourth-order valence-electron chi connectivity index (χ4n) is 3.01. The maximum absolute atomic E-state index is 8.52. The minimum Gasteiger partial charge on any atom is -1.00 e. The van der Waals surface area contributed by atoms with Crippen molar-refractivity contribution in [3.63, 3.8) is 0 Å². The van der Waals surface area contributed by atoms with E-state index in [0.717, 1.165) is 6.42 Å². The Labute approximate surface area is 159 Å². The molecule has 4 saturated heterocycles. The van der Waals surface area contributed by atoms with Crippen LogP contribution in [-0.4, -0.2) is 65.3 Å². The molecule has 126 valence electrons. The SMILES string of the molecule is C1N2CN3CN1CP(C2)C3.OCCc1ccccc1.[Cl-].[Cl-].[Ru+2]. The number of hydrogen-bond donors (Lipinski definition) is 1. The summed E-state index contributed by atoms with van der Waals surface area (Å²) in [7, 11) is 0.366. The van der Waals surface area contributed by atoms with E-state index in [1.54, 1.807) is 0 Å². The van der Waals surface area contributed by atoms with Crippen molar-refractivity contribution in [2.45, 2.75) is 6.42 Å². The van der Waals surface area contributed by atoms with Crippen LogP contribution in [0.25, 0.3) is 0 Å². The summed E-state index contributed by atoms with van der Waals surface area (Å²) in [6.07, 6.45) is 5.02. The Morgan fingerprint density at radius 3 is 1.68 bits per heavy atom. The number of aliphatic hydroxyl groups is 1. The zero-order chi connectivity index (χ0) is 13.1. The predicted octanol–water partition coefficient (Wildman–Crippen LogP) is -4.61. The Bertz CT molecular complexity index is 360. The molecule has 1 aromatic rings. The molecule has 0 spiro atoms. The normalized spacial score (nSPS) is 30.0. The molecule has 4 heterocycles. The van der Waals surface area contributed by atoms with Gasteiger partial charge in [-0.15, -0.1) is 0 Å². The summed E-state index contributed by atoms with van der Waals surface area (Å²) < 4.78 is 0. The molecule has 1 N–H and O–H groups in total. The van der Waals surface area contributed by atoms with Crippen molar-refractivity contribution in [2.75, 3.05) is 45.5 Å². The van der Waals surface area contributed by atoms with Gasteiger partial charge in [-0.3, -0.25) is 14.7 Å². The molecular weight excluding hydrogens is 429 g/mol. The molecule has 0 saturated carbocycles. The van der Waals surface area contributed by atoms with E-state index < -0.39 is 0 Å². The van der Waals surface area contributed by atoms with E-state index in [0.29, 0.717) is 7.92 Å². The van der Waals surface area contributed by atoms with Crippen LogP contribution in [-0.2, 0) is 25.9 Å². The quantitative estimate of drug-likeness (QED) is 0.362. The molecule has 22 heavy (non-hydrogen) atoms. The molecule has 0 amide bonds. The first-order valence-electron chi connectivity index (χ1n) is 6.88. The third kappa shape index (κ3) is 6.30. The van der Waals surface area contributed by atoms with E-state index in [9.17, 15) is 0 Å². The summed E-state index contributed by atoms with van der Waals surface area (Å²) in [6.45, 7) is 3.98. The smallest absolute Gasteiger partial charge is 1.00 e. The number of rotatable bonds is 2. The van der Waals surface area contributed by atoms with Crippen molar-refractivity contribution in [3.05, 3.63) is 35.9 Å².